The van der Waals surface area contributed by atoms with Crippen LogP contribution in [0.3, 0.4) is 0 Å². The Morgan fingerprint density at radius 2 is 1.74 bits per heavy atom. The lowest BCUT2D eigenvalue weighted by Gasteiger charge is -2.26. The minimum absolute atomic E-state index is 0. The minimum atomic E-state index is -0.0114. The van der Waals surface area contributed by atoms with Crippen LogP contribution in [-0.4, -0.2) is 18.0 Å². The summed E-state index contributed by atoms with van der Waals surface area (Å²) in [5.41, 5.74) is 7.55. The molecule has 1 amide bonds. The molecule has 5 heteroatoms. The lowest BCUT2D eigenvalue weighted by atomic mass is 9.91. The Morgan fingerprint density at radius 1 is 1.09 bits per heavy atom. The van der Waals surface area contributed by atoms with Crippen molar-refractivity contribution in [3.05, 3.63) is 47.7 Å². The first kappa shape index (κ1) is 17.6. The van der Waals surface area contributed by atoms with Gasteiger partial charge in [-0.1, -0.05) is 12.1 Å². The molecule has 1 fully saturated rings. The average molecular weight is 335 g/mol. The third-order valence-corrected chi connectivity index (χ3v) is 4.28. The van der Waals surface area contributed by atoms with E-state index in [1.54, 1.807) is 0 Å². The quantitative estimate of drug-likeness (QED) is 0.899. The highest BCUT2D eigenvalue weighted by Crippen LogP contribution is 2.22. The zero-order chi connectivity index (χ0) is 15.5. The van der Waals surface area contributed by atoms with Gasteiger partial charge in [0.05, 0.1) is 0 Å². The number of halogens is 1. The van der Waals surface area contributed by atoms with E-state index >= 15 is 0 Å². The molecule has 0 spiro atoms. The summed E-state index contributed by atoms with van der Waals surface area (Å²) in [5.74, 6) is 1.70. The summed E-state index contributed by atoms with van der Waals surface area (Å²) < 4.78 is 5.59. The van der Waals surface area contributed by atoms with Crippen LogP contribution in [0.25, 0.3) is 11.3 Å². The predicted octanol–water partition coefficient (Wildman–Crippen LogP) is 3.68. The van der Waals surface area contributed by atoms with Crippen molar-refractivity contribution < 1.29 is 9.21 Å². The van der Waals surface area contributed by atoms with Crippen molar-refractivity contribution >= 4 is 18.3 Å². The highest BCUT2D eigenvalue weighted by atomic mass is 35.5. The molecule has 1 aromatic heterocycles. The average Bonchev–Trinajstić information content (AvgIpc) is 2.96. The highest BCUT2D eigenvalue weighted by molar-refractivity contribution is 5.94. The molecule has 1 heterocycles. The summed E-state index contributed by atoms with van der Waals surface area (Å²) in [6.07, 6.45) is 3.91. The van der Waals surface area contributed by atoms with Crippen LogP contribution >= 0.6 is 12.4 Å². The number of benzene rings is 1. The summed E-state index contributed by atoms with van der Waals surface area (Å²) in [4.78, 5) is 12.3. The van der Waals surface area contributed by atoms with E-state index in [9.17, 15) is 4.79 Å². The number of rotatable bonds is 3. The summed E-state index contributed by atoms with van der Waals surface area (Å²) in [5, 5.41) is 3.10. The van der Waals surface area contributed by atoms with Gasteiger partial charge in [0.15, 0.2) is 0 Å². The molecule has 0 saturated heterocycles. The van der Waals surface area contributed by atoms with Gasteiger partial charge in [0.1, 0.15) is 11.5 Å². The number of hydrogen-bond donors (Lipinski definition) is 2. The number of amides is 1. The Morgan fingerprint density at radius 3 is 2.30 bits per heavy atom. The van der Waals surface area contributed by atoms with Gasteiger partial charge in [-0.25, -0.2) is 0 Å². The fourth-order valence-electron chi connectivity index (χ4n) is 2.91. The first-order valence-electron chi connectivity index (χ1n) is 7.85. The molecule has 4 nitrogen and oxygen atoms in total. The maximum atomic E-state index is 12.3. The molecule has 3 rings (SSSR count). The van der Waals surface area contributed by atoms with E-state index in [2.05, 4.69) is 5.32 Å². The molecule has 0 unspecified atom stereocenters. The molecule has 0 atom stereocenters. The number of aryl methyl sites for hydroxylation is 1. The molecule has 3 N–H and O–H groups in total. The van der Waals surface area contributed by atoms with Crippen LogP contribution in [0.15, 0.2) is 40.8 Å². The van der Waals surface area contributed by atoms with Crippen LogP contribution in [0.1, 0.15) is 41.8 Å². The fourth-order valence-corrected chi connectivity index (χ4v) is 2.91. The number of furan rings is 1. The van der Waals surface area contributed by atoms with Crippen LogP contribution in [0, 0.1) is 6.92 Å². The second kappa shape index (κ2) is 7.66. The number of hydrogen-bond acceptors (Lipinski definition) is 3. The Labute approximate surface area is 142 Å². The Balaban J connectivity index is 0.00000192. The Hall–Kier alpha value is -1.78. The van der Waals surface area contributed by atoms with E-state index in [-0.39, 0.29) is 24.4 Å². The molecular weight excluding hydrogens is 312 g/mol. The second-order valence-corrected chi connectivity index (χ2v) is 6.07. The van der Waals surface area contributed by atoms with Gasteiger partial charge in [0, 0.05) is 23.2 Å². The molecule has 0 bridgehead atoms. The third kappa shape index (κ3) is 4.36. The maximum Gasteiger partial charge on any atom is 0.251 e. The van der Waals surface area contributed by atoms with Gasteiger partial charge in [0.2, 0.25) is 0 Å². The van der Waals surface area contributed by atoms with Crippen LogP contribution in [0.2, 0.25) is 0 Å². The SMILES string of the molecule is Cc1ccc(-c2ccc(C(=O)NC3CCC(N)CC3)cc2)o1.Cl. The molecule has 2 aromatic rings. The maximum absolute atomic E-state index is 12.3. The minimum Gasteiger partial charge on any atom is -0.461 e. The molecule has 23 heavy (non-hydrogen) atoms. The predicted molar refractivity (Wildman–Crippen MR) is 93.8 cm³/mol. The first-order valence-corrected chi connectivity index (χ1v) is 7.85. The Bertz CT molecular complexity index is 643. The topological polar surface area (TPSA) is 68.3 Å². The van der Waals surface area contributed by atoms with Crippen LogP contribution in [-0.2, 0) is 0 Å². The van der Waals surface area contributed by atoms with Crippen LogP contribution in [0.4, 0.5) is 0 Å². The fraction of sp³-hybridized carbons (Fsp3) is 0.389. The molecule has 1 aliphatic rings. The lowest BCUT2D eigenvalue weighted by Crippen LogP contribution is -2.40. The van der Waals surface area contributed by atoms with Crippen LogP contribution < -0.4 is 11.1 Å². The molecule has 1 saturated carbocycles. The van der Waals surface area contributed by atoms with Gasteiger partial charge in [-0.2, -0.15) is 0 Å². The summed E-state index contributed by atoms with van der Waals surface area (Å²) in [6, 6.07) is 11.9. The zero-order valence-electron chi connectivity index (χ0n) is 13.2. The number of nitrogens with one attached hydrogen (secondary N) is 1. The molecule has 1 aromatic carbocycles. The van der Waals surface area contributed by atoms with Gasteiger partial charge < -0.3 is 15.5 Å². The second-order valence-electron chi connectivity index (χ2n) is 6.07. The molecule has 0 radical (unpaired) electrons. The standard InChI is InChI=1S/C18H22N2O2.ClH/c1-12-2-11-17(22-12)13-3-5-14(6-4-13)18(21)20-16-9-7-15(19)8-10-16;/h2-6,11,15-16H,7-10,19H2,1H3,(H,20,21);1H. The van der Waals surface area contributed by atoms with Crippen molar-refractivity contribution in [3.63, 3.8) is 0 Å². The van der Waals surface area contributed by atoms with Gasteiger partial charge in [-0.15, -0.1) is 12.4 Å². The van der Waals surface area contributed by atoms with E-state index in [1.165, 1.54) is 0 Å². The van der Waals surface area contributed by atoms with Crippen molar-refractivity contribution in [1.82, 2.24) is 5.32 Å². The first-order chi connectivity index (χ1) is 10.6. The molecule has 0 aliphatic heterocycles. The van der Waals surface area contributed by atoms with Gasteiger partial charge in [-0.3, -0.25) is 4.79 Å². The van der Waals surface area contributed by atoms with Crippen molar-refractivity contribution in [3.8, 4) is 11.3 Å². The number of carbonyl (C=O) groups excluding carboxylic acids is 1. The summed E-state index contributed by atoms with van der Waals surface area (Å²) >= 11 is 0. The van der Waals surface area contributed by atoms with Crippen molar-refractivity contribution in [2.75, 3.05) is 0 Å². The number of nitrogens with two attached hydrogens (primary N) is 1. The van der Waals surface area contributed by atoms with Crippen molar-refractivity contribution in [1.29, 1.82) is 0 Å². The molecule has 124 valence electrons. The van der Waals surface area contributed by atoms with Gasteiger partial charge in [-0.05, 0) is 56.9 Å². The normalized spacial score (nSPS) is 20.6. The van der Waals surface area contributed by atoms with Crippen molar-refractivity contribution in [2.24, 2.45) is 5.73 Å². The third-order valence-electron chi connectivity index (χ3n) is 4.28. The monoisotopic (exact) mass is 334 g/mol. The number of carbonyl (C=O) groups is 1. The van der Waals surface area contributed by atoms with Gasteiger partial charge in [0.25, 0.3) is 5.91 Å². The smallest absolute Gasteiger partial charge is 0.251 e. The summed E-state index contributed by atoms with van der Waals surface area (Å²) in [6.45, 7) is 1.92. The van der Waals surface area contributed by atoms with E-state index in [0.717, 1.165) is 42.8 Å². The van der Waals surface area contributed by atoms with Crippen molar-refractivity contribution in [2.45, 2.75) is 44.7 Å². The Kier molecular flexibility index (Phi) is 5.85. The molecule has 1 aliphatic carbocycles. The van der Waals surface area contributed by atoms with Crippen LogP contribution in [0.5, 0.6) is 0 Å². The lowest BCUT2D eigenvalue weighted by molar-refractivity contribution is 0.0926. The van der Waals surface area contributed by atoms with E-state index in [4.69, 9.17) is 10.2 Å². The van der Waals surface area contributed by atoms with E-state index in [1.807, 2.05) is 43.3 Å². The molecular formula is C18H23ClN2O2. The summed E-state index contributed by atoms with van der Waals surface area (Å²) in [7, 11) is 0. The highest BCUT2D eigenvalue weighted by Gasteiger charge is 2.20. The van der Waals surface area contributed by atoms with E-state index in [0.29, 0.717) is 11.6 Å². The van der Waals surface area contributed by atoms with Gasteiger partial charge >= 0.3 is 0 Å². The zero-order valence-corrected chi connectivity index (χ0v) is 14.1. The largest absolute Gasteiger partial charge is 0.461 e. The van der Waals surface area contributed by atoms with E-state index < -0.39 is 0 Å².